The molecule has 1 amide bonds. The molecule has 0 bridgehead atoms. The quantitative estimate of drug-likeness (QED) is 0.329. The molecular weight excluding hydrogens is 480 g/mol. The highest BCUT2D eigenvalue weighted by Crippen LogP contribution is 2.34. The molecule has 0 aliphatic heterocycles. The van der Waals surface area contributed by atoms with Gasteiger partial charge in [0, 0.05) is 4.70 Å². The second kappa shape index (κ2) is 8.49. The Hall–Kier alpha value is -3.44. The van der Waals surface area contributed by atoms with E-state index in [0.29, 0.717) is 4.70 Å². The van der Waals surface area contributed by atoms with Crippen LogP contribution in [-0.2, 0) is 16.2 Å². The van der Waals surface area contributed by atoms with Gasteiger partial charge in [0.2, 0.25) is 0 Å². The normalized spacial score (nSPS) is 12.0. The van der Waals surface area contributed by atoms with E-state index in [-0.39, 0.29) is 26.5 Å². The number of hydrogen-bond acceptors (Lipinski definition) is 4. The Morgan fingerprint density at radius 2 is 1.55 bits per heavy atom. The largest absolute Gasteiger partial charge is 0.416 e. The average Bonchev–Trinajstić information content (AvgIpc) is 3.18. The summed E-state index contributed by atoms with van der Waals surface area (Å²) >= 11 is 1.01. The Labute approximate surface area is 189 Å². The zero-order valence-electron chi connectivity index (χ0n) is 16.5. The summed E-state index contributed by atoms with van der Waals surface area (Å²) in [7, 11) is -4.06. The molecule has 5 nitrogen and oxygen atoms in total. The molecule has 0 atom stereocenters. The van der Waals surface area contributed by atoms with Crippen molar-refractivity contribution in [1.82, 2.24) is 0 Å². The molecule has 11 heteroatoms. The number of thiophene rings is 1. The third-order valence-corrected chi connectivity index (χ3v) is 7.11. The Morgan fingerprint density at radius 3 is 2.21 bits per heavy atom. The minimum Gasteiger partial charge on any atom is -0.319 e. The molecule has 0 unspecified atom stereocenters. The van der Waals surface area contributed by atoms with Crippen molar-refractivity contribution in [2.45, 2.75) is 11.1 Å². The van der Waals surface area contributed by atoms with Gasteiger partial charge in [0.15, 0.2) is 0 Å². The van der Waals surface area contributed by atoms with Gasteiger partial charge in [0.05, 0.1) is 26.7 Å². The predicted octanol–water partition coefficient (Wildman–Crippen LogP) is 6.11. The lowest BCUT2D eigenvalue weighted by Crippen LogP contribution is -2.16. The highest BCUT2D eigenvalue weighted by molar-refractivity contribution is 7.92. The van der Waals surface area contributed by atoms with Crippen molar-refractivity contribution in [2.75, 3.05) is 10.0 Å². The Kier molecular flexibility index (Phi) is 5.85. The Balaban J connectivity index is 1.59. The highest BCUT2D eigenvalue weighted by atomic mass is 32.2. The lowest BCUT2D eigenvalue weighted by molar-refractivity contribution is -0.137. The van der Waals surface area contributed by atoms with E-state index in [0.717, 1.165) is 47.7 Å². The van der Waals surface area contributed by atoms with Crippen molar-refractivity contribution in [3.05, 3.63) is 89.1 Å². The maximum Gasteiger partial charge on any atom is 0.416 e. The van der Waals surface area contributed by atoms with Crippen LogP contribution in [0.2, 0.25) is 0 Å². The van der Waals surface area contributed by atoms with Crippen molar-refractivity contribution in [2.24, 2.45) is 0 Å². The number of amides is 1. The molecule has 0 aliphatic carbocycles. The fourth-order valence-corrected chi connectivity index (χ4v) is 5.03. The van der Waals surface area contributed by atoms with Gasteiger partial charge in [-0.15, -0.1) is 11.3 Å². The topological polar surface area (TPSA) is 75.3 Å². The molecule has 1 heterocycles. The molecule has 0 saturated carbocycles. The van der Waals surface area contributed by atoms with Crippen molar-refractivity contribution < 1.29 is 30.8 Å². The maximum atomic E-state index is 13.1. The third-order valence-electron chi connectivity index (χ3n) is 4.61. The van der Waals surface area contributed by atoms with E-state index in [4.69, 9.17) is 0 Å². The number of nitrogens with one attached hydrogen (secondary N) is 2. The van der Waals surface area contributed by atoms with Crippen LogP contribution in [0.15, 0.2) is 77.7 Å². The molecular formula is C22H14F4N2O3S2. The summed E-state index contributed by atoms with van der Waals surface area (Å²) in [5.74, 6) is -1.20. The smallest absolute Gasteiger partial charge is 0.319 e. The first-order chi connectivity index (χ1) is 15.5. The van der Waals surface area contributed by atoms with Gasteiger partial charge in [-0.1, -0.05) is 12.1 Å². The van der Waals surface area contributed by atoms with Gasteiger partial charge in [-0.3, -0.25) is 9.52 Å². The number of para-hydroxylation sites is 2. The number of hydrogen-bond donors (Lipinski definition) is 2. The van der Waals surface area contributed by atoms with Gasteiger partial charge in [-0.05, 0) is 66.0 Å². The first-order valence-corrected chi connectivity index (χ1v) is 11.6. The van der Waals surface area contributed by atoms with Gasteiger partial charge in [0.1, 0.15) is 5.82 Å². The fraction of sp³-hybridized carbons (Fsp3) is 0.0455. The van der Waals surface area contributed by atoms with Crippen molar-refractivity contribution in [1.29, 1.82) is 0 Å². The van der Waals surface area contributed by atoms with E-state index < -0.39 is 33.5 Å². The molecule has 170 valence electrons. The molecule has 2 N–H and O–H groups in total. The minimum absolute atomic E-state index is 0.0654. The highest BCUT2D eigenvalue weighted by Gasteiger charge is 2.30. The van der Waals surface area contributed by atoms with E-state index in [1.54, 1.807) is 12.1 Å². The summed E-state index contributed by atoms with van der Waals surface area (Å²) in [5.41, 5.74) is -0.613. The number of rotatable bonds is 5. The molecule has 33 heavy (non-hydrogen) atoms. The van der Waals surface area contributed by atoms with Gasteiger partial charge in [0.25, 0.3) is 15.9 Å². The van der Waals surface area contributed by atoms with Crippen molar-refractivity contribution >= 4 is 48.7 Å². The molecule has 4 aromatic rings. The number of anilines is 2. The molecule has 0 saturated heterocycles. The van der Waals surface area contributed by atoms with Crippen LogP contribution in [0.3, 0.4) is 0 Å². The molecule has 3 aromatic carbocycles. The zero-order chi connectivity index (χ0) is 23.8. The zero-order valence-corrected chi connectivity index (χ0v) is 18.1. The van der Waals surface area contributed by atoms with Crippen molar-refractivity contribution in [3.63, 3.8) is 0 Å². The van der Waals surface area contributed by atoms with Gasteiger partial charge < -0.3 is 5.32 Å². The number of carbonyl (C=O) groups is 1. The summed E-state index contributed by atoms with van der Waals surface area (Å²) in [6.07, 6.45) is -4.50. The first-order valence-electron chi connectivity index (χ1n) is 9.32. The minimum atomic E-state index is -4.50. The van der Waals surface area contributed by atoms with Crippen LogP contribution < -0.4 is 10.0 Å². The SMILES string of the molecule is O=C(Nc1ccccc1NS(=O)(=O)c1ccc(F)cc1)c1cc2cc(C(F)(F)F)ccc2s1. The fourth-order valence-electron chi connectivity index (χ4n) is 3.01. The van der Waals surface area contributed by atoms with Crippen LogP contribution in [0.4, 0.5) is 28.9 Å². The number of fused-ring (bicyclic) bond motifs is 1. The van der Waals surface area contributed by atoms with E-state index in [1.165, 1.54) is 24.3 Å². The van der Waals surface area contributed by atoms with Crippen LogP contribution in [0.5, 0.6) is 0 Å². The lowest BCUT2D eigenvalue weighted by atomic mass is 10.1. The first kappa shape index (κ1) is 22.7. The number of halogens is 4. The van der Waals surface area contributed by atoms with Crippen molar-refractivity contribution in [3.8, 4) is 0 Å². The summed E-state index contributed by atoms with van der Waals surface area (Å²) in [6.45, 7) is 0. The summed E-state index contributed by atoms with van der Waals surface area (Å²) in [4.78, 5) is 12.7. The molecule has 1 aromatic heterocycles. The number of alkyl halides is 3. The molecule has 0 spiro atoms. The second-order valence-corrected chi connectivity index (χ2v) is 9.69. The van der Waals surface area contributed by atoms with Gasteiger partial charge in [-0.25, -0.2) is 12.8 Å². The molecule has 0 radical (unpaired) electrons. The van der Waals surface area contributed by atoms with Crippen LogP contribution in [0.1, 0.15) is 15.2 Å². The molecule has 4 rings (SSSR count). The van der Waals surface area contributed by atoms with E-state index in [9.17, 15) is 30.8 Å². The lowest BCUT2D eigenvalue weighted by Gasteiger charge is -2.13. The summed E-state index contributed by atoms with van der Waals surface area (Å²) in [6, 6.07) is 14.8. The van der Waals surface area contributed by atoms with Crippen LogP contribution in [0, 0.1) is 5.82 Å². The average molecular weight is 494 g/mol. The molecule has 0 aliphatic rings. The predicted molar refractivity (Wildman–Crippen MR) is 118 cm³/mol. The molecule has 0 fully saturated rings. The van der Waals surface area contributed by atoms with Gasteiger partial charge in [-0.2, -0.15) is 13.2 Å². The summed E-state index contributed by atoms with van der Waals surface area (Å²) < 4.78 is 80.0. The van der Waals surface area contributed by atoms with E-state index >= 15 is 0 Å². The van der Waals surface area contributed by atoms with E-state index in [2.05, 4.69) is 10.0 Å². The van der Waals surface area contributed by atoms with E-state index in [1.807, 2.05) is 0 Å². The van der Waals surface area contributed by atoms with Crippen LogP contribution in [-0.4, -0.2) is 14.3 Å². The second-order valence-electron chi connectivity index (χ2n) is 6.92. The van der Waals surface area contributed by atoms with Gasteiger partial charge >= 0.3 is 6.18 Å². The van der Waals surface area contributed by atoms with Crippen LogP contribution >= 0.6 is 11.3 Å². The standard InChI is InChI=1S/C22H14F4N2O3S2/c23-15-6-8-16(9-7-15)33(30,31)28-18-4-2-1-3-17(18)27-21(29)20-12-13-11-14(22(24,25)26)5-10-19(13)32-20/h1-12,28H,(H,27,29). The number of sulfonamides is 1. The summed E-state index contributed by atoms with van der Waals surface area (Å²) in [5, 5.41) is 2.85. The Morgan fingerprint density at radius 1 is 0.879 bits per heavy atom. The Bertz CT molecular complexity index is 1450. The number of benzene rings is 3. The van der Waals surface area contributed by atoms with Crippen LogP contribution in [0.25, 0.3) is 10.1 Å². The third kappa shape index (κ3) is 4.99. The number of carbonyl (C=O) groups excluding carboxylic acids is 1. The monoisotopic (exact) mass is 494 g/mol. The maximum absolute atomic E-state index is 13.1.